The van der Waals surface area contributed by atoms with Gasteiger partial charge in [-0.15, -0.1) is 0 Å². The minimum Gasteiger partial charge on any atom is -0.392 e. The molecule has 1 atom stereocenters. The molecule has 1 amide bonds. The normalized spacial score (nSPS) is 19.9. The highest BCUT2D eigenvalue weighted by molar-refractivity contribution is 7.22. The van der Waals surface area contributed by atoms with Crippen LogP contribution in [0.25, 0.3) is 10.2 Å². The Labute approximate surface area is 114 Å². The first-order valence-electron chi connectivity index (χ1n) is 6.26. The number of rotatable bonds is 3. The molecule has 2 aromatic rings. The minimum absolute atomic E-state index is 0.0758. The molecular formula is C13H15N3O2S. The van der Waals surface area contributed by atoms with E-state index in [0.29, 0.717) is 18.2 Å². The van der Waals surface area contributed by atoms with Crippen molar-refractivity contribution in [2.45, 2.75) is 12.5 Å². The van der Waals surface area contributed by atoms with Gasteiger partial charge in [0.05, 0.1) is 22.9 Å². The Kier molecular flexibility index (Phi) is 3.46. The van der Waals surface area contributed by atoms with Crippen LogP contribution in [0.15, 0.2) is 24.3 Å². The summed E-state index contributed by atoms with van der Waals surface area (Å²) in [6.07, 6.45) is 0.448. The molecular weight excluding hydrogens is 262 g/mol. The highest BCUT2D eigenvalue weighted by atomic mass is 32.1. The first-order chi connectivity index (χ1) is 9.20. The Morgan fingerprint density at radius 3 is 3.11 bits per heavy atom. The van der Waals surface area contributed by atoms with Crippen LogP contribution >= 0.6 is 11.3 Å². The predicted octanol–water partition coefficient (Wildman–Crippen LogP) is 1.30. The zero-order chi connectivity index (χ0) is 13.2. The van der Waals surface area contributed by atoms with Gasteiger partial charge in [0.2, 0.25) is 5.91 Å². The zero-order valence-corrected chi connectivity index (χ0v) is 11.2. The third-order valence-corrected chi connectivity index (χ3v) is 4.11. The van der Waals surface area contributed by atoms with Crippen molar-refractivity contribution in [2.24, 2.45) is 0 Å². The molecule has 100 valence electrons. The van der Waals surface area contributed by atoms with Gasteiger partial charge in [0, 0.05) is 13.1 Å². The lowest BCUT2D eigenvalue weighted by Gasteiger charge is -2.13. The van der Waals surface area contributed by atoms with Crippen LogP contribution in [0.4, 0.5) is 5.13 Å². The summed E-state index contributed by atoms with van der Waals surface area (Å²) < 4.78 is 1.06. The number of aromatic nitrogens is 1. The molecule has 2 heterocycles. The number of β-amino-alcohol motifs (C(OH)–C–C–N with tert-alkyl or cyclic N) is 1. The van der Waals surface area contributed by atoms with E-state index in [9.17, 15) is 9.90 Å². The third-order valence-electron chi connectivity index (χ3n) is 3.15. The fourth-order valence-electron chi connectivity index (χ4n) is 2.24. The maximum absolute atomic E-state index is 11.9. The van der Waals surface area contributed by atoms with Crippen LogP contribution in [0.3, 0.4) is 0 Å². The summed E-state index contributed by atoms with van der Waals surface area (Å²) in [6.45, 7) is 1.66. The number of nitrogens with one attached hydrogen (secondary N) is 1. The van der Waals surface area contributed by atoms with Gasteiger partial charge in [0.15, 0.2) is 5.13 Å². The van der Waals surface area contributed by atoms with E-state index in [1.165, 1.54) is 11.3 Å². The average molecular weight is 277 g/mol. The molecule has 1 aromatic heterocycles. The molecule has 1 aliphatic rings. The van der Waals surface area contributed by atoms with Gasteiger partial charge in [-0.25, -0.2) is 4.98 Å². The lowest BCUT2D eigenvalue weighted by molar-refractivity contribution is -0.117. The second kappa shape index (κ2) is 5.24. The Balaban J connectivity index is 1.62. The molecule has 0 bridgehead atoms. The van der Waals surface area contributed by atoms with Crippen molar-refractivity contribution < 1.29 is 9.90 Å². The van der Waals surface area contributed by atoms with Crippen molar-refractivity contribution in [3.05, 3.63) is 24.3 Å². The second-order valence-corrected chi connectivity index (χ2v) is 5.74. The standard InChI is InChI=1S/C13H15N3O2S/c17-9-5-6-16(7-9)8-12(18)15-13-14-10-3-1-2-4-11(10)19-13/h1-4,9,17H,5-8H2,(H,14,15,18)/t9-/m1/s1. The number of fused-ring (bicyclic) bond motifs is 1. The van der Waals surface area contributed by atoms with E-state index in [2.05, 4.69) is 10.3 Å². The van der Waals surface area contributed by atoms with Crippen molar-refractivity contribution >= 4 is 32.6 Å². The van der Waals surface area contributed by atoms with Crippen molar-refractivity contribution in [1.29, 1.82) is 0 Å². The molecule has 5 nitrogen and oxygen atoms in total. The van der Waals surface area contributed by atoms with Crippen LogP contribution in [0.5, 0.6) is 0 Å². The van der Waals surface area contributed by atoms with E-state index in [4.69, 9.17) is 0 Å². The van der Waals surface area contributed by atoms with E-state index in [0.717, 1.165) is 23.2 Å². The van der Waals surface area contributed by atoms with Crippen molar-refractivity contribution in [3.63, 3.8) is 0 Å². The van der Waals surface area contributed by atoms with Crippen LogP contribution in [0, 0.1) is 0 Å². The number of likely N-dealkylation sites (tertiary alicyclic amines) is 1. The number of benzene rings is 1. The maximum Gasteiger partial charge on any atom is 0.240 e. The van der Waals surface area contributed by atoms with Gasteiger partial charge in [-0.1, -0.05) is 23.5 Å². The average Bonchev–Trinajstić information content (AvgIpc) is 2.94. The van der Waals surface area contributed by atoms with Gasteiger partial charge in [-0.05, 0) is 18.6 Å². The number of hydrogen-bond donors (Lipinski definition) is 2. The number of hydrogen-bond acceptors (Lipinski definition) is 5. The molecule has 0 unspecified atom stereocenters. The van der Waals surface area contributed by atoms with E-state index in [1.807, 2.05) is 29.2 Å². The summed E-state index contributed by atoms with van der Waals surface area (Å²) in [4.78, 5) is 18.2. The summed E-state index contributed by atoms with van der Waals surface area (Å²) >= 11 is 1.47. The van der Waals surface area contributed by atoms with Crippen LogP contribution in [-0.2, 0) is 4.79 Å². The topological polar surface area (TPSA) is 65.5 Å². The molecule has 0 aliphatic carbocycles. The first-order valence-corrected chi connectivity index (χ1v) is 7.08. The molecule has 1 aromatic carbocycles. The molecule has 0 radical (unpaired) electrons. The Hall–Kier alpha value is -1.50. The largest absolute Gasteiger partial charge is 0.392 e. The van der Waals surface area contributed by atoms with Gasteiger partial charge in [-0.2, -0.15) is 0 Å². The molecule has 0 spiro atoms. The molecule has 1 saturated heterocycles. The number of aliphatic hydroxyl groups is 1. The summed E-state index contributed by atoms with van der Waals surface area (Å²) in [7, 11) is 0. The Morgan fingerprint density at radius 2 is 2.37 bits per heavy atom. The van der Waals surface area contributed by atoms with E-state index in [-0.39, 0.29) is 12.0 Å². The molecule has 0 saturated carbocycles. The van der Waals surface area contributed by atoms with Gasteiger partial charge >= 0.3 is 0 Å². The number of aliphatic hydroxyl groups excluding tert-OH is 1. The minimum atomic E-state index is -0.296. The molecule has 2 N–H and O–H groups in total. The van der Waals surface area contributed by atoms with Crippen LogP contribution < -0.4 is 5.32 Å². The van der Waals surface area contributed by atoms with Gasteiger partial charge < -0.3 is 10.4 Å². The lowest BCUT2D eigenvalue weighted by Crippen LogP contribution is -2.32. The maximum atomic E-state index is 11.9. The highest BCUT2D eigenvalue weighted by Crippen LogP contribution is 2.25. The van der Waals surface area contributed by atoms with E-state index in [1.54, 1.807) is 0 Å². The summed E-state index contributed by atoms with van der Waals surface area (Å²) in [5, 5.41) is 12.9. The smallest absolute Gasteiger partial charge is 0.240 e. The summed E-state index contributed by atoms with van der Waals surface area (Å²) in [6, 6.07) is 7.80. The Morgan fingerprint density at radius 1 is 1.53 bits per heavy atom. The number of carbonyl (C=O) groups excluding carboxylic acids is 1. The Bertz CT molecular complexity index is 565. The quantitative estimate of drug-likeness (QED) is 0.887. The van der Waals surface area contributed by atoms with Gasteiger partial charge in [-0.3, -0.25) is 9.69 Å². The van der Waals surface area contributed by atoms with Crippen LogP contribution in [-0.4, -0.2) is 46.6 Å². The molecule has 1 fully saturated rings. The fraction of sp³-hybridized carbons (Fsp3) is 0.385. The second-order valence-electron chi connectivity index (χ2n) is 4.71. The van der Waals surface area contributed by atoms with Crippen molar-refractivity contribution in [3.8, 4) is 0 Å². The summed E-state index contributed by atoms with van der Waals surface area (Å²) in [5.41, 5.74) is 0.902. The first kappa shape index (κ1) is 12.5. The number of nitrogens with zero attached hydrogens (tertiary/aromatic N) is 2. The predicted molar refractivity (Wildman–Crippen MR) is 75.3 cm³/mol. The molecule has 19 heavy (non-hydrogen) atoms. The third kappa shape index (κ3) is 2.91. The lowest BCUT2D eigenvalue weighted by atomic mass is 10.3. The molecule has 6 heteroatoms. The molecule has 3 rings (SSSR count). The number of amides is 1. The monoisotopic (exact) mass is 277 g/mol. The number of anilines is 1. The van der Waals surface area contributed by atoms with Gasteiger partial charge in [0.1, 0.15) is 0 Å². The van der Waals surface area contributed by atoms with Crippen LogP contribution in [0.1, 0.15) is 6.42 Å². The van der Waals surface area contributed by atoms with Crippen LogP contribution in [0.2, 0.25) is 0 Å². The highest BCUT2D eigenvalue weighted by Gasteiger charge is 2.22. The van der Waals surface area contributed by atoms with Crippen molar-refractivity contribution in [2.75, 3.05) is 25.0 Å². The fourth-order valence-corrected chi connectivity index (χ4v) is 3.13. The van der Waals surface area contributed by atoms with Gasteiger partial charge in [0.25, 0.3) is 0 Å². The summed E-state index contributed by atoms with van der Waals surface area (Å²) in [5.74, 6) is -0.0758. The zero-order valence-electron chi connectivity index (χ0n) is 10.4. The number of carbonyl (C=O) groups is 1. The number of para-hydroxylation sites is 1. The van der Waals surface area contributed by atoms with E-state index < -0.39 is 0 Å². The number of thiazole rings is 1. The molecule has 1 aliphatic heterocycles. The SMILES string of the molecule is O=C(CN1CC[C@@H](O)C1)Nc1nc2ccccc2s1. The van der Waals surface area contributed by atoms with E-state index >= 15 is 0 Å². The van der Waals surface area contributed by atoms with Crippen molar-refractivity contribution in [1.82, 2.24) is 9.88 Å².